The molecular weight excluding hydrogens is 422 g/mol. The number of benzene rings is 4. The van der Waals surface area contributed by atoms with Gasteiger partial charge in [-0.05, 0) is 64.9 Å². The van der Waals surface area contributed by atoms with Crippen LogP contribution in [-0.4, -0.2) is 6.29 Å². The van der Waals surface area contributed by atoms with Crippen LogP contribution in [0.25, 0.3) is 16.8 Å². The second-order valence-electron chi connectivity index (χ2n) is 7.84. The lowest BCUT2D eigenvalue weighted by atomic mass is 10.0. The number of hydrogen-bond acceptors (Lipinski definition) is 4. The fourth-order valence-corrected chi connectivity index (χ4v) is 3.92. The molecule has 0 bridgehead atoms. The van der Waals surface area contributed by atoms with E-state index in [0.29, 0.717) is 12.2 Å². The molecule has 0 N–H and O–H groups in total. The molecule has 0 saturated heterocycles. The van der Waals surface area contributed by atoms with Crippen LogP contribution >= 0.6 is 0 Å². The Bertz CT molecular complexity index is 1410. The maximum absolute atomic E-state index is 11.5. The standard InChI is InChI=1S/C30H23NO3/c32-21-26-19-24-7-4-5-8-25(24)20-27(26)22-33-18-16-23-12-14-29(15-13-23)31(30-11-6-17-34-30)28-9-2-1-3-10-28/h1-21H,22H2/b18-16-. The number of ether oxygens (including phenoxy) is 1. The lowest BCUT2D eigenvalue weighted by molar-refractivity contribution is 0.112. The van der Waals surface area contributed by atoms with Gasteiger partial charge in [-0.15, -0.1) is 0 Å². The molecular formula is C30H23NO3. The van der Waals surface area contributed by atoms with E-state index in [-0.39, 0.29) is 0 Å². The van der Waals surface area contributed by atoms with Gasteiger partial charge in [-0.3, -0.25) is 9.69 Å². The number of carbonyl (C=O) groups excluding carboxylic acids is 1. The minimum atomic E-state index is 0.327. The van der Waals surface area contributed by atoms with Crippen molar-refractivity contribution < 1.29 is 13.9 Å². The number of anilines is 3. The molecule has 4 nitrogen and oxygen atoms in total. The van der Waals surface area contributed by atoms with E-state index in [2.05, 4.69) is 4.90 Å². The monoisotopic (exact) mass is 445 g/mol. The van der Waals surface area contributed by atoms with Crippen molar-refractivity contribution in [2.75, 3.05) is 4.90 Å². The highest BCUT2D eigenvalue weighted by atomic mass is 16.5. The summed E-state index contributed by atoms with van der Waals surface area (Å²) >= 11 is 0. The first-order valence-electron chi connectivity index (χ1n) is 11.1. The summed E-state index contributed by atoms with van der Waals surface area (Å²) in [6, 6.07) is 34.0. The van der Waals surface area contributed by atoms with Crippen molar-refractivity contribution in [2.24, 2.45) is 0 Å². The van der Waals surface area contributed by atoms with Gasteiger partial charge in [0.1, 0.15) is 12.9 Å². The first-order valence-corrected chi connectivity index (χ1v) is 11.1. The van der Waals surface area contributed by atoms with Crippen LogP contribution in [0.15, 0.2) is 120 Å². The Morgan fingerprint density at radius 1 is 0.765 bits per heavy atom. The third-order valence-electron chi connectivity index (χ3n) is 5.62. The third kappa shape index (κ3) is 4.62. The van der Waals surface area contributed by atoms with E-state index in [1.165, 1.54) is 0 Å². The fraction of sp³-hybridized carbons (Fsp3) is 0.0333. The number of aldehydes is 1. The number of rotatable bonds is 8. The highest BCUT2D eigenvalue weighted by Crippen LogP contribution is 2.34. The molecule has 0 amide bonds. The Hall–Kier alpha value is -4.57. The van der Waals surface area contributed by atoms with E-state index >= 15 is 0 Å². The summed E-state index contributed by atoms with van der Waals surface area (Å²) in [6.07, 6.45) is 6.13. The molecule has 4 heteroatoms. The SMILES string of the molecule is O=Cc1cc2ccccc2cc1CO/C=C\c1ccc(N(c2ccccc2)c2ccco2)cc1. The second-order valence-corrected chi connectivity index (χ2v) is 7.84. The average Bonchev–Trinajstić information content (AvgIpc) is 3.42. The van der Waals surface area contributed by atoms with Crippen molar-refractivity contribution in [2.45, 2.75) is 6.61 Å². The van der Waals surface area contributed by atoms with E-state index < -0.39 is 0 Å². The van der Waals surface area contributed by atoms with E-state index in [4.69, 9.17) is 9.15 Å². The maximum Gasteiger partial charge on any atom is 0.204 e. The van der Waals surface area contributed by atoms with Crippen LogP contribution in [0.2, 0.25) is 0 Å². The number of carbonyl (C=O) groups is 1. The molecule has 166 valence electrons. The minimum Gasteiger partial charge on any atom is -0.496 e. The lowest BCUT2D eigenvalue weighted by Gasteiger charge is -2.22. The molecule has 4 aromatic carbocycles. The van der Waals surface area contributed by atoms with Gasteiger partial charge in [0.2, 0.25) is 5.88 Å². The number of para-hydroxylation sites is 1. The molecule has 0 fully saturated rings. The largest absolute Gasteiger partial charge is 0.496 e. The Kier molecular flexibility index (Phi) is 6.21. The number of furan rings is 1. The average molecular weight is 446 g/mol. The minimum absolute atomic E-state index is 0.327. The molecule has 0 aliphatic rings. The summed E-state index contributed by atoms with van der Waals surface area (Å²) in [5.74, 6) is 0.749. The van der Waals surface area contributed by atoms with Gasteiger partial charge >= 0.3 is 0 Å². The summed E-state index contributed by atoms with van der Waals surface area (Å²) in [5, 5.41) is 2.13. The zero-order valence-electron chi connectivity index (χ0n) is 18.5. The van der Waals surface area contributed by atoms with Gasteiger partial charge in [0.25, 0.3) is 0 Å². The predicted octanol–water partition coefficient (Wildman–Crippen LogP) is 7.90. The molecule has 0 aliphatic heterocycles. The molecule has 1 heterocycles. The number of nitrogens with zero attached hydrogens (tertiary/aromatic N) is 1. The summed E-state index contributed by atoms with van der Waals surface area (Å²) in [7, 11) is 0. The van der Waals surface area contributed by atoms with Gasteiger partial charge in [0.05, 0.1) is 12.5 Å². The Morgan fingerprint density at radius 2 is 1.47 bits per heavy atom. The van der Waals surface area contributed by atoms with Crippen LogP contribution in [0.5, 0.6) is 0 Å². The van der Waals surface area contributed by atoms with Crippen molar-refractivity contribution in [3.63, 3.8) is 0 Å². The Labute approximate surface area is 198 Å². The van der Waals surface area contributed by atoms with Crippen LogP contribution in [0, 0.1) is 0 Å². The molecule has 0 aliphatic carbocycles. The normalized spacial score (nSPS) is 11.1. The van der Waals surface area contributed by atoms with Gasteiger partial charge < -0.3 is 9.15 Å². The van der Waals surface area contributed by atoms with Crippen molar-refractivity contribution in [1.29, 1.82) is 0 Å². The van der Waals surface area contributed by atoms with Crippen molar-refractivity contribution in [1.82, 2.24) is 0 Å². The molecule has 0 unspecified atom stereocenters. The molecule has 0 saturated carbocycles. The second kappa shape index (κ2) is 9.92. The lowest BCUT2D eigenvalue weighted by Crippen LogP contribution is -2.08. The van der Waals surface area contributed by atoms with Gasteiger partial charge in [0, 0.05) is 28.6 Å². The summed E-state index contributed by atoms with van der Waals surface area (Å²) in [5.41, 5.74) is 4.53. The number of hydrogen-bond donors (Lipinski definition) is 0. The summed E-state index contributed by atoms with van der Waals surface area (Å²) in [6.45, 7) is 0.327. The zero-order valence-corrected chi connectivity index (χ0v) is 18.5. The van der Waals surface area contributed by atoms with E-state index in [1.54, 1.807) is 12.5 Å². The molecule has 1 aromatic heterocycles. The van der Waals surface area contributed by atoms with Gasteiger partial charge in [-0.25, -0.2) is 0 Å². The Balaban J connectivity index is 1.29. The van der Waals surface area contributed by atoms with Crippen LogP contribution in [0.1, 0.15) is 21.5 Å². The maximum atomic E-state index is 11.5. The smallest absolute Gasteiger partial charge is 0.204 e. The van der Waals surface area contributed by atoms with Gasteiger partial charge in [0.15, 0.2) is 0 Å². The quantitative estimate of drug-likeness (QED) is 0.180. The molecule has 5 aromatic rings. The highest BCUT2D eigenvalue weighted by molar-refractivity contribution is 5.90. The third-order valence-corrected chi connectivity index (χ3v) is 5.62. The van der Waals surface area contributed by atoms with Gasteiger partial charge in [-0.2, -0.15) is 0 Å². The first-order chi connectivity index (χ1) is 16.8. The van der Waals surface area contributed by atoms with Gasteiger partial charge in [-0.1, -0.05) is 54.6 Å². The van der Waals surface area contributed by atoms with E-state index in [9.17, 15) is 4.79 Å². The van der Waals surface area contributed by atoms with E-state index in [0.717, 1.165) is 45.4 Å². The Morgan fingerprint density at radius 3 is 2.18 bits per heavy atom. The fourth-order valence-electron chi connectivity index (χ4n) is 3.92. The van der Waals surface area contributed by atoms with Crippen LogP contribution < -0.4 is 4.90 Å². The molecule has 0 radical (unpaired) electrons. The van der Waals surface area contributed by atoms with Crippen molar-refractivity contribution in [3.8, 4) is 0 Å². The van der Waals surface area contributed by atoms with Crippen LogP contribution in [-0.2, 0) is 11.3 Å². The van der Waals surface area contributed by atoms with E-state index in [1.807, 2.05) is 109 Å². The van der Waals surface area contributed by atoms with Crippen LogP contribution in [0.3, 0.4) is 0 Å². The molecule has 0 atom stereocenters. The molecule has 5 rings (SSSR count). The summed E-state index contributed by atoms with van der Waals surface area (Å²) in [4.78, 5) is 13.6. The first kappa shape index (κ1) is 21.3. The predicted molar refractivity (Wildman–Crippen MR) is 137 cm³/mol. The van der Waals surface area contributed by atoms with Crippen LogP contribution in [0.4, 0.5) is 17.3 Å². The summed E-state index contributed by atoms with van der Waals surface area (Å²) < 4.78 is 11.4. The highest BCUT2D eigenvalue weighted by Gasteiger charge is 2.14. The van der Waals surface area contributed by atoms with Crippen molar-refractivity contribution >= 4 is 40.4 Å². The molecule has 34 heavy (non-hydrogen) atoms. The topological polar surface area (TPSA) is 42.7 Å². The molecule has 0 spiro atoms. The van der Waals surface area contributed by atoms with Crippen molar-refractivity contribution in [3.05, 3.63) is 132 Å². The zero-order chi connectivity index (χ0) is 23.2. The number of fused-ring (bicyclic) bond motifs is 1.